The Morgan fingerprint density at radius 1 is 1.30 bits per heavy atom. The lowest BCUT2D eigenvalue weighted by molar-refractivity contribution is 0.474. The zero-order valence-electron chi connectivity index (χ0n) is 5.40. The van der Waals surface area contributed by atoms with E-state index in [0.717, 1.165) is 0 Å². The fraction of sp³-hybridized carbons (Fsp3) is 0.250. The van der Waals surface area contributed by atoms with Crippen LogP contribution in [0.3, 0.4) is 0 Å². The van der Waals surface area contributed by atoms with E-state index >= 15 is 0 Å². The maximum absolute atomic E-state index is 11.9. The second-order valence-corrected chi connectivity index (χ2v) is 1.99. The Morgan fingerprint density at radius 2 is 2.10 bits per heavy atom. The molecule has 0 aliphatic carbocycles. The van der Waals surface area contributed by atoms with Crippen molar-refractivity contribution < 1.29 is 8.78 Å². The molecule has 0 aliphatic heterocycles. The molecule has 0 N–H and O–H groups in total. The maximum atomic E-state index is 11.9. The molecule has 0 unspecified atom stereocenters. The van der Waals surface area contributed by atoms with E-state index in [1.54, 1.807) is 6.07 Å². The normalized spacial score (nSPS) is 9.80. The molecule has 0 bridgehead atoms. The second-order valence-electron chi connectivity index (χ2n) is 1.99. The topological polar surface area (TPSA) is 0 Å². The van der Waals surface area contributed by atoms with Crippen molar-refractivity contribution in [1.29, 1.82) is 0 Å². The van der Waals surface area contributed by atoms with Gasteiger partial charge in [-0.3, -0.25) is 0 Å². The smallest absolute Gasteiger partial charge is 0.115 e. The summed E-state index contributed by atoms with van der Waals surface area (Å²) in [5.74, 6) is 0. The lowest BCUT2D eigenvalue weighted by Gasteiger charge is -1.95. The first kappa shape index (κ1) is 7.19. The van der Waals surface area contributed by atoms with Gasteiger partial charge in [-0.25, -0.2) is 8.78 Å². The summed E-state index contributed by atoms with van der Waals surface area (Å²) in [5, 5.41) is 0. The van der Waals surface area contributed by atoms with E-state index in [1.807, 2.05) is 0 Å². The predicted molar refractivity (Wildman–Crippen MR) is 34.9 cm³/mol. The molecular weight excluding hydrogens is 134 g/mol. The van der Waals surface area contributed by atoms with Gasteiger partial charge in [0.05, 0.1) is 0 Å². The van der Waals surface area contributed by atoms with Crippen LogP contribution >= 0.6 is 0 Å². The Kier molecular flexibility index (Phi) is 2.37. The lowest BCUT2D eigenvalue weighted by atomic mass is 10.1. The first-order chi connectivity index (χ1) is 4.86. The summed E-state index contributed by atoms with van der Waals surface area (Å²) in [5.41, 5.74) is 0.918. The van der Waals surface area contributed by atoms with Crippen LogP contribution in [0, 0.1) is 6.07 Å². The van der Waals surface area contributed by atoms with Crippen molar-refractivity contribution in [3.8, 4) is 0 Å². The summed E-state index contributed by atoms with van der Waals surface area (Å²) >= 11 is 0. The Bertz CT molecular complexity index is 189. The Labute approximate surface area is 58.5 Å². The van der Waals surface area contributed by atoms with Gasteiger partial charge in [0.25, 0.3) is 0 Å². The molecule has 10 heavy (non-hydrogen) atoms. The molecule has 1 rings (SSSR count). The fourth-order valence-corrected chi connectivity index (χ4v) is 0.730. The van der Waals surface area contributed by atoms with Crippen LogP contribution in [0.4, 0.5) is 8.78 Å². The summed E-state index contributed by atoms with van der Waals surface area (Å²) < 4.78 is 23.8. The van der Waals surface area contributed by atoms with Crippen LogP contribution in [0.15, 0.2) is 18.2 Å². The standard InChI is InChI=1S/C8H7F2/c9-5-7-2-1-3-8(4-7)6-10/h1-2,4H,5-6H2. The van der Waals surface area contributed by atoms with Gasteiger partial charge in [0.15, 0.2) is 0 Å². The summed E-state index contributed by atoms with van der Waals surface area (Å²) in [6.07, 6.45) is 0. The van der Waals surface area contributed by atoms with Crippen LogP contribution in [0.2, 0.25) is 0 Å². The average Bonchev–Trinajstić information content (AvgIpc) is 2.05. The van der Waals surface area contributed by atoms with E-state index in [4.69, 9.17) is 0 Å². The van der Waals surface area contributed by atoms with Gasteiger partial charge in [-0.15, -0.1) is 0 Å². The van der Waals surface area contributed by atoms with E-state index < -0.39 is 13.3 Å². The molecule has 1 aromatic rings. The molecule has 1 aromatic carbocycles. The van der Waals surface area contributed by atoms with Gasteiger partial charge in [-0.1, -0.05) is 12.1 Å². The molecule has 0 atom stereocenters. The number of hydrogen-bond acceptors (Lipinski definition) is 0. The van der Waals surface area contributed by atoms with Crippen LogP contribution < -0.4 is 0 Å². The highest BCUT2D eigenvalue weighted by Crippen LogP contribution is 2.06. The van der Waals surface area contributed by atoms with Crippen molar-refractivity contribution in [2.75, 3.05) is 0 Å². The van der Waals surface area contributed by atoms with Crippen molar-refractivity contribution in [3.63, 3.8) is 0 Å². The minimum atomic E-state index is -0.576. The molecule has 0 amide bonds. The summed E-state index contributed by atoms with van der Waals surface area (Å²) in [4.78, 5) is 0. The van der Waals surface area contributed by atoms with Crippen LogP contribution in [0.1, 0.15) is 11.1 Å². The van der Waals surface area contributed by atoms with Crippen molar-refractivity contribution in [2.24, 2.45) is 0 Å². The minimum Gasteiger partial charge on any atom is -0.246 e. The molecule has 0 saturated carbocycles. The molecule has 0 nitrogen and oxygen atoms in total. The van der Waals surface area contributed by atoms with Crippen LogP contribution in [-0.2, 0) is 13.3 Å². The fourth-order valence-electron chi connectivity index (χ4n) is 0.730. The second kappa shape index (κ2) is 3.30. The molecule has 2 heteroatoms. The zero-order valence-corrected chi connectivity index (χ0v) is 5.40. The van der Waals surface area contributed by atoms with Gasteiger partial charge >= 0.3 is 0 Å². The predicted octanol–water partition coefficient (Wildman–Crippen LogP) is 2.43. The third-order valence-corrected chi connectivity index (χ3v) is 1.22. The number of benzene rings is 1. The molecule has 0 fully saturated rings. The van der Waals surface area contributed by atoms with E-state index in [2.05, 4.69) is 6.07 Å². The first-order valence-electron chi connectivity index (χ1n) is 2.98. The van der Waals surface area contributed by atoms with Gasteiger partial charge in [0.2, 0.25) is 0 Å². The van der Waals surface area contributed by atoms with Crippen LogP contribution in [0.5, 0.6) is 0 Å². The molecular formula is C8H7F2. The van der Waals surface area contributed by atoms with Crippen LogP contribution in [-0.4, -0.2) is 0 Å². The molecule has 0 spiro atoms. The zero-order chi connectivity index (χ0) is 7.40. The molecule has 0 aliphatic rings. The van der Waals surface area contributed by atoms with E-state index in [0.29, 0.717) is 11.1 Å². The Balaban J connectivity index is 2.87. The highest BCUT2D eigenvalue weighted by atomic mass is 19.1. The molecule has 53 valence electrons. The monoisotopic (exact) mass is 141 g/mol. The number of alkyl halides is 2. The average molecular weight is 141 g/mol. The molecule has 0 aromatic heterocycles. The highest BCUT2D eigenvalue weighted by Gasteiger charge is 1.93. The van der Waals surface area contributed by atoms with Gasteiger partial charge in [0.1, 0.15) is 13.3 Å². The third-order valence-electron chi connectivity index (χ3n) is 1.22. The van der Waals surface area contributed by atoms with E-state index in [1.165, 1.54) is 12.1 Å². The van der Waals surface area contributed by atoms with Gasteiger partial charge in [0, 0.05) is 0 Å². The van der Waals surface area contributed by atoms with E-state index in [9.17, 15) is 8.78 Å². The molecule has 1 radical (unpaired) electrons. The van der Waals surface area contributed by atoms with E-state index in [-0.39, 0.29) is 0 Å². The SMILES string of the molecule is FCc1[c]ccc(CF)c1. The summed E-state index contributed by atoms with van der Waals surface area (Å²) in [7, 11) is 0. The number of rotatable bonds is 2. The lowest BCUT2D eigenvalue weighted by Crippen LogP contribution is -1.82. The van der Waals surface area contributed by atoms with Crippen molar-refractivity contribution in [1.82, 2.24) is 0 Å². The Morgan fingerprint density at radius 3 is 2.70 bits per heavy atom. The first-order valence-corrected chi connectivity index (χ1v) is 2.98. The quantitative estimate of drug-likeness (QED) is 0.593. The van der Waals surface area contributed by atoms with Gasteiger partial charge < -0.3 is 0 Å². The molecule has 0 saturated heterocycles. The van der Waals surface area contributed by atoms with Gasteiger partial charge in [-0.05, 0) is 23.3 Å². The van der Waals surface area contributed by atoms with Crippen LogP contribution in [0.25, 0.3) is 0 Å². The van der Waals surface area contributed by atoms with Crippen molar-refractivity contribution in [3.05, 3.63) is 35.4 Å². The number of hydrogen-bond donors (Lipinski definition) is 0. The van der Waals surface area contributed by atoms with Crippen molar-refractivity contribution >= 4 is 0 Å². The molecule has 0 heterocycles. The summed E-state index contributed by atoms with van der Waals surface area (Å²) in [6, 6.07) is 7.24. The highest BCUT2D eigenvalue weighted by molar-refractivity contribution is 5.20. The maximum Gasteiger partial charge on any atom is 0.115 e. The minimum absolute atomic E-state index is 0.412. The largest absolute Gasteiger partial charge is 0.246 e. The summed E-state index contributed by atoms with van der Waals surface area (Å²) in [6.45, 7) is -1.12. The van der Waals surface area contributed by atoms with Crippen molar-refractivity contribution in [2.45, 2.75) is 13.3 Å². The van der Waals surface area contributed by atoms with Gasteiger partial charge in [-0.2, -0.15) is 0 Å². The third kappa shape index (κ3) is 1.53. The Hall–Kier alpha value is -0.920. The number of halogens is 2.